The van der Waals surface area contributed by atoms with Crippen molar-refractivity contribution in [1.29, 1.82) is 0 Å². The van der Waals surface area contributed by atoms with Gasteiger partial charge in [0, 0.05) is 17.4 Å². The summed E-state index contributed by atoms with van der Waals surface area (Å²) in [7, 11) is 1.59. The molecule has 0 aliphatic carbocycles. The van der Waals surface area contributed by atoms with Crippen LogP contribution < -0.4 is 15.4 Å². The summed E-state index contributed by atoms with van der Waals surface area (Å²) in [4.78, 5) is 20.3. The van der Waals surface area contributed by atoms with Gasteiger partial charge in [-0.25, -0.2) is 14.4 Å². The molecule has 0 aliphatic heterocycles. The SMILES string of the molecule is COc1cccc(Nc2cnc(C(=O)Nc3cccc(F)c3)cn2)c1. The molecule has 0 saturated heterocycles. The van der Waals surface area contributed by atoms with Gasteiger partial charge in [0.2, 0.25) is 0 Å². The number of carbonyl (C=O) groups excluding carboxylic acids is 1. The van der Waals surface area contributed by atoms with Gasteiger partial charge >= 0.3 is 0 Å². The average molecular weight is 338 g/mol. The highest BCUT2D eigenvalue weighted by Gasteiger charge is 2.09. The molecule has 0 saturated carbocycles. The number of methoxy groups -OCH3 is 1. The van der Waals surface area contributed by atoms with Crippen LogP contribution in [0.4, 0.5) is 21.6 Å². The summed E-state index contributed by atoms with van der Waals surface area (Å²) in [5, 5.41) is 5.63. The average Bonchev–Trinajstić information content (AvgIpc) is 2.62. The van der Waals surface area contributed by atoms with E-state index in [0.29, 0.717) is 17.3 Å². The molecule has 0 aliphatic rings. The lowest BCUT2D eigenvalue weighted by Gasteiger charge is -2.08. The van der Waals surface area contributed by atoms with Crippen LogP contribution in [0.2, 0.25) is 0 Å². The van der Waals surface area contributed by atoms with Crippen LogP contribution in [0.5, 0.6) is 5.75 Å². The number of halogens is 1. The molecule has 3 aromatic rings. The van der Waals surface area contributed by atoms with E-state index in [1.165, 1.54) is 30.6 Å². The Bertz CT molecular complexity index is 884. The van der Waals surface area contributed by atoms with Gasteiger partial charge in [0.25, 0.3) is 5.91 Å². The predicted molar refractivity (Wildman–Crippen MR) is 92.7 cm³/mol. The second kappa shape index (κ2) is 7.39. The fraction of sp³-hybridized carbons (Fsp3) is 0.0556. The van der Waals surface area contributed by atoms with E-state index in [9.17, 15) is 9.18 Å². The first-order valence-corrected chi connectivity index (χ1v) is 7.44. The number of nitrogens with zero attached hydrogens (tertiary/aromatic N) is 2. The van der Waals surface area contributed by atoms with Crippen molar-refractivity contribution in [2.75, 3.05) is 17.7 Å². The lowest BCUT2D eigenvalue weighted by Crippen LogP contribution is -2.14. The maximum absolute atomic E-state index is 13.1. The molecule has 0 radical (unpaired) electrons. The normalized spacial score (nSPS) is 10.2. The fourth-order valence-corrected chi connectivity index (χ4v) is 2.12. The number of benzene rings is 2. The topological polar surface area (TPSA) is 76.1 Å². The zero-order chi connectivity index (χ0) is 17.6. The molecule has 0 unspecified atom stereocenters. The van der Waals surface area contributed by atoms with Crippen LogP contribution in [0.15, 0.2) is 60.9 Å². The fourth-order valence-electron chi connectivity index (χ4n) is 2.12. The number of nitrogens with one attached hydrogen (secondary N) is 2. The highest BCUT2D eigenvalue weighted by atomic mass is 19.1. The number of hydrogen-bond donors (Lipinski definition) is 2. The van der Waals surface area contributed by atoms with Crippen molar-refractivity contribution in [1.82, 2.24) is 9.97 Å². The predicted octanol–water partition coefficient (Wildman–Crippen LogP) is 3.62. The molecule has 2 aromatic carbocycles. The molecule has 3 rings (SSSR count). The Kier molecular flexibility index (Phi) is 4.84. The minimum Gasteiger partial charge on any atom is -0.497 e. The Morgan fingerprint density at radius 3 is 2.56 bits per heavy atom. The van der Waals surface area contributed by atoms with E-state index in [-0.39, 0.29) is 5.69 Å². The third kappa shape index (κ3) is 4.29. The van der Waals surface area contributed by atoms with E-state index in [4.69, 9.17) is 4.74 Å². The van der Waals surface area contributed by atoms with E-state index >= 15 is 0 Å². The Morgan fingerprint density at radius 2 is 1.84 bits per heavy atom. The molecule has 1 aromatic heterocycles. The van der Waals surface area contributed by atoms with E-state index in [2.05, 4.69) is 20.6 Å². The second-order valence-corrected chi connectivity index (χ2v) is 5.11. The maximum Gasteiger partial charge on any atom is 0.275 e. The van der Waals surface area contributed by atoms with Crippen LogP contribution in [0.25, 0.3) is 0 Å². The van der Waals surface area contributed by atoms with Gasteiger partial charge in [0.15, 0.2) is 0 Å². The zero-order valence-electron chi connectivity index (χ0n) is 13.4. The summed E-state index contributed by atoms with van der Waals surface area (Å²) in [6.45, 7) is 0. The first-order chi connectivity index (χ1) is 12.1. The van der Waals surface area contributed by atoms with Crippen molar-refractivity contribution < 1.29 is 13.9 Å². The molecule has 0 atom stereocenters. The van der Waals surface area contributed by atoms with Crippen molar-refractivity contribution in [2.24, 2.45) is 0 Å². The number of hydrogen-bond acceptors (Lipinski definition) is 5. The molecular weight excluding hydrogens is 323 g/mol. The molecule has 25 heavy (non-hydrogen) atoms. The Morgan fingerprint density at radius 1 is 1.04 bits per heavy atom. The monoisotopic (exact) mass is 338 g/mol. The standard InChI is InChI=1S/C18H15FN4O2/c1-25-15-7-3-6-14(9-15)22-17-11-20-16(10-21-17)18(24)23-13-5-2-4-12(19)8-13/h2-11H,1H3,(H,21,22)(H,23,24). The van der Waals surface area contributed by atoms with E-state index in [1.807, 2.05) is 24.3 Å². The highest BCUT2D eigenvalue weighted by molar-refractivity contribution is 6.02. The van der Waals surface area contributed by atoms with Crippen molar-refractivity contribution in [3.8, 4) is 5.75 Å². The molecule has 0 spiro atoms. The van der Waals surface area contributed by atoms with Crippen molar-refractivity contribution >= 4 is 23.1 Å². The Labute approximate surface area is 143 Å². The van der Waals surface area contributed by atoms with Gasteiger partial charge in [0.1, 0.15) is 23.1 Å². The van der Waals surface area contributed by atoms with Crippen molar-refractivity contribution in [3.63, 3.8) is 0 Å². The highest BCUT2D eigenvalue weighted by Crippen LogP contribution is 2.19. The molecular formula is C18H15FN4O2. The summed E-state index contributed by atoms with van der Waals surface area (Å²) >= 11 is 0. The van der Waals surface area contributed by atoms with Crippen LogP contribution in [-0.4, -0.2) is 23.0 Å². The quantitative estimate of drug-likeness (QED) is 0.743. The van der Waals surface area contributed by atoms with Gasteiger partial charge in [-0.2, -0.15) is 0 Å². The lowest BCUT2D eigenvalue weighted by molar-refractivity contribution is 0.102. The Hall–Kier alpha value is -3.48. The number of carbonyl (C=O) groups is 1. The smallest absolute Gasteiger partial charge is 0.275 e. The van der Waals surface area contributed by atoms with Gasteiger partial charge < -0.3 is 15.4 Å². The van der Waals surface area contributed by atoms with E-state index in [1.54, 1.807) is 13.2 Å². The minimum atomic E-state index is -0.467. The summed E-state index contributed by atoms with van der Waals surface area (Å²) in [5.74, 6) is 0.298. The molecule has 0 fully saturated rings. The minimum absolute atomic E-state index is 0.125. The van der Waals surface area contributed by atoms with Crippen LogP contribution in [0.1, 0.15) is 10.5 Å². The van der Waals surface area contributed by atoms with Crippen LogP contribution in [0.3, 0.4) is 0 Å². The van der Waals surface area contributed by atoms with Crippen molar-refractivity contribution in [2.45, 2.75) is 0 Å². The number of ether oxygens (including phenoxy) is 1. The molecule has 6 nitrogen and oxygen atoms in total. The van der Waals surface area contributed by atoms with Gasteiger partial charge in [0.05, 0.1) is 19.5 Å². The van der Waals surface area contributed by atoms with Crippen LogP contribution in [0, 0.1) is 5.82 Å². The maximum atomic E-state index is 13.1. The Balaban J connectivity index is 1.68. The lowest BCUT2D eigenvalue weighted by atomic mass is 10.3. The van der Waals surface area contributed by atoms with E-state index < -0.39 is 11.7 Å². The first kappa shape index (κ1) is 16.4. The first-order valence-electron chi connectivity index (χ1n) is 7.44. The molecule has 7 heteroatoms. The van der Waals surface area contributed by atoms with Gasteiger partial charge in [-0.3, -0.25) is 4.79 Å². The molecule has 126 valence electrons. The summed E-state index contributed by atoms with van der Waals surface area (Å²) in [6, 6.07) is 13.0. The summed E-state index contributed by atoms with van der Waals surface area (Å²) in [6.07, 6.45) is 2.79. The second-order valence-electron chi connectivity index (χ2n) is 5.11. The molecule has 1 heterocycles. The van der Waals surface area contributed by atoms with Gasteiger partial charge in [-0.1, -0.05) is 12.1 Å². The number of amides is 1. The van der Waals surface area contributed by atoms with Crippen LogP contribution in [-0.2, 0) is 0 Å². The van der Waals surface area contributed by atoms with Crippen molar-refractivity contribution in [3.05, 3.63) is 72.4 Å². The molecule has 0 bridgehead atoms. The number of anilines is 3. The molecule has 2 N–H and O–H groups in total. The van der Waals surface area contributed by atoms with E-state index in [0.717, 1.165) is 5.69 Å². The zero-order valence-corrected chi connectivity index (χ0v) is 13.4. The summed E-state index contributed by atoms with van der Waals surface area (Å²) in [5.41, 5.74) is 1.26. The van der Waals surface area contributed by atoms with Gasteiger partial charge in [-0.05, 0) is 30.3 Å². The van der Waals surface area contributed by atoms with Crippen LogP contribution >= 0.6 is 0 Å². The molecule has 1 amide bonds. The third-order valence-electron chi connectivity index (χ3n) is 3.31. The number of aromatic nitrogens is 2. The number of rotatable bonds is 5. The third-order valence-corrected chi connectivity index (χ3v) is 3.31. The summed E-state index contributed by atoms with van der Waals surface area (Å²) < 4.78 is 18.3. The van der Waals surface area contributed by atoms with Gasteiger partial charge in [-0.15, -0.1) is 0 Å². The largest absolute Gasteiger partial charge is 0.497 e.